The molecule has 0 spiro atoms. The van der Waals surface area contributed by atoms with Crippen molar-refractivity contribution in [2.75, 3.05) is 12.4 Å². The van der Waals surface area contributed by atoms with E-state index < -0.39 is 35.4 Å². The molecule has 0 saturated heterocycles. The molecule has 3 aromatic rings. The Kier molecular flexibility index (Phi) is 6.87. The van der Waals surface area contributed by atoms with Crippen LogP contribution < -0.4 is 5.32 Å². The van der Waals surface area contributed by atoms with Crippen molar-refractivity contribution in [2.24, 2.45) is 0 Å². The first-order chi connectivity index (χ1) is 15.6. The summed E-state index contributed by atoms with van der Waals surface area (Å²) in [5.41, 5.74) is 0.0606. The van der Waals surface area contributed by atoms with Crippen LogP contribution in [0.1, 0.15) is 57.4 Å². The first-order valence-corrected chi connectivity index (χ1v) is 9.86. The predicted molar refractivity (Wildman–Crippen MR) is 116 cm³/mol. The summed E-state index contributed by atoms with van der Waals surface area (Å²) < 4.78 is 46.1. The predicted octanol–water partition coefficient (Wildman–Crippen LogP) is 4.92. The molecule has 0 fully saturated rings. The highest BCUT2D eigenvalue weighted by Crippen LogP contribution is 2.34. The van der Waals surface area contributed by atoms with E-state index in [0.29, 0.717) is 16.7 Å². The highest BCUT2D eigenvalue weighted by atomic mass is 19.4. The number of hydrogen-bond acceptors (Lipinski definition) is 4. The number of carbonyl (C=O) groups is 2. The maximum atomic E-state index is 13.5. The lowest BCUT2D eigenvalue weighted by Crippen LogP contribution is -2.22. The Morgan fingerprint density at radius 3 is 2.30 bits per heavy atom. The number of halogens is 3. The van der Waals surface area contributed by atoms with E-state index in [9.17, 15) is 22.8 Å². The number of anilines is 1. The Bertz CT molecular complexity index is 1250. The van der Waals surface area contributed by atoms with Gasteiger partial charge >= 0.3 is 12.1 Å². The summed E-state index contributed by atoms with van der Waals surface area (Å²) in [6, 6.07) is 12.4. The Morgan fingerprint density at radius 1 is 1.06 bits per heavy atom. The summed E-state index contributed by atoms with van der Waals surface area (Å²) >= 11 is 0. The van der Waals surface area contributed by atoms with Crippen LogP contribution in [0.2, 0.25) is 0 Å². The van der Waals surface area contributed by atoms with Crippen molar-refractivity contribution in [3.8, 4) is 11.8 Å². The molecule has 3 rings (SSSR count). The molecule has 0 atom stereocenters. The molecule has 0 radical (unpaired) electrons. The fourth-order valence-corrected chi connectivity index (χ4v) is 3.06. The number of ether oxygens (including phenoxy) is 1. The lowest BCUT2D eigenvalue weighted by Gasteiger charge is -2.15. The van der Waals surface area contributed by atoms with Crippen LogP contribution in [-0.4, -0.2) is 28.8 Å². The van der Waals surface area contributed by atoms with Crippen molar-refractivity contribution in [3.05, 3.63) is 82.7 Å². The summed E-state index contributed by atoms with van der Waals surface area (Å²) in [5.74, 6) is 4.40. The van der Waals surface area contributed by atoms with Gasteiger partial charge in [0.25, 0.3) is 5.91 Å². The van der Waals surface area contributed by atoms with E-state index in [1.807, 2.05) is 0 Å². The third-order valence-corrected chi connectivity index (χ3v) is 4.55. The SMILES string of the molecule is COC(=O)c1cccc(C#Cc2cccc(NC(=O)c3cnn(C(C)C)c3C(F)(F)F)c2)c1. The smallest absolute Gasteiger partial charge is 0.433 e. The van der Waals surface area contributed by atoms with Crippen molar-refractivity contribution in [1.29, 1.82) is 0 Å². The van der Waals surface area contributed by atoms with Crippen LogP contribution in [0.15, 0.2) is 54.7 Å². The van der Waals surface area contributed by atoms with E-state index in [-0.39, 0.29) is 5.69 Å². The van der Waals surface area contributed by atoms with Gasteiger partial charge in [0.1, 0.15) is 0 Å². The second-order valence-corrected chi connectivity index (χ2v) is 7.30. The molecule has 1 N–H and O–H groups in total. The number of hydrogen-bond donors (Lipinski definition) is 1. The van der Waals surface area contributed by atoms with Crippen molar-refractivity contribution < 1.29 is 27.5 Å². The van der Waals surface area contributed by atoms with Crippen LogP contribution in [0.5, 0.6) is 0 Å². The number of nitrogens with zero attached hydrogens (tertiary/aromatic N) is 2. The van der Waals surface area contributed by atoms with Gasteiger partial charge in [0.2, 0.25) is 0 Å². The van der Waals surface area contributed by atoms with Gasteiger partial charge in [-0.3, -0.25) is 9.48 Å². The van der Waals surface area contributed by atoms with Crippen LogP contribution in [0.4, 0.5) is 18.9 Å². The zero-order valence-electron chi connectivity index (χ0n) is 18.0. The molecule has 170 valence electrons. The highest BCUT2D eigenvalue weighted by Gasteiger charge is 2.40. The van der Waals surface area contributed by atoms with Crippen LogP contribution in [-0.2, 0) is 10.9 Å². The number of amides is 1. The van der Waals surface area contributed by atoms with Crippen LogP contribution in [0, 0.1) is 11.8 Å². The van der Waals surface area contributed by atoms with E-state index in [2.05, 4.69) is 27.0 Å². The molecule has 0 aliphatic heterocycles. The molecule has 6 nitrogen and oxygen atoms in total. The van der Waals surface area contributed by atoms with Gasteiger partial charge in [-0.2, -0.15) is 18.3 Å². The molecule has 33 heavy (non-hydrogen) atoms. The van der Waals surface area contributed by atoms with Gasteiger partial charge in [-0.15, -0.1) is 0 Å². The first kappa shape index (κ1) is 23.6. The van der Waals surface area contributed by atoms with Crippen molar-refractivity contribution >= 4 is 17.6 Å². The molecule has 9 heteroatoms. The minimum atomic E-state index is -4.74. The van der Waals surface area contributed by atoms with Gasteiger partial charge < -0.3 is 10.1 Å². The number of alkyl halides is 3. The zero-order chi connectivity index (χ0) is 24.2. The molecule has 0 aliphatic rings. The maximum absolute atomic E-state index is 13.5. The van der Waals surface area contributed by atoms with Crippen LogP contribution >= 0.6 is 0 Å². The van der Waals surface area contributed by atoms with Crippen molar-refractivity contribution in [3.63, 3.8) is 0 Å². The Balaban J connectivity index is 1.83. The number of nitrogens with one attached hydrogen (secondary N) is 1. The minimum absolute atomic E-state index is 0.278. The van der Waals surface area contributed by atoms with Crippen molar-refractivity contribution in [1.82, 2.24) is 9.78 Å². The van der Waals surface area contributed by atoms with E-state index in [0.717, 1.165) is 10.9 Å². The topological polar surface area (TPSA) is 73.2 Å². The molecule has 1 amide bonds. The summed E-state index contributed by atoms with van der Waals surface area (Å²) in [6.45, 7) is 3.10. The van der Waals surface area contributed by atoms with Crippen LogP contribution in [0.25, 0.3) is 0 Å². The van der Waals surface area contributed by atoms with E-state index in [1.165, 1.54) is 13.2 Å². The third-order valence-electron chi connectivity index (χ3n) is 4.55. The number of benzene rings is 2. The number of methoxy groups -OCH3 is 1. The summed E-state index contributed by atoms with van der Waals surface area (Å²) in [6.07, 6.45) is -3.82. The molecular weight excluding hydrogens is 435 g/mol. The lowest BCUT2D eigenvalue weighted by atomic mass is 10.1. The summed E-state index contributed by atoms with van der Waals surface area (Å²) in [7, 11) is 1.28. The summed E-state index contributed by atoms with van der Waals surface area (Å²) in [5, 5.41) is 6.20. The van der Waals surface area contributed by atoms with Crippen LogP contribution in [0.3, 0.4) is 0 Å². The fourth-order valence-electron chi connectivity index (χ4n) is 3.06. The quantitative estimate of drug-likeness (QED) is 0.448. The Hall–Kier alpha value is -4.06. The van der Waals surface area contributed by atoms with Gasteiger partial charge in [-0.25, -0.2) is 4.79 Å². The molecule has 0 aliphatic carbocycles. The molecule has 1 aromatic heterocycles. The normalized spacial score (nSPS) is 11.0. The molecular formula is C24H20F3N3O3. The van der Waals surface area contributed by atoms with E-state index >= 15 is 0 Å². The average Bonchev–Trinajstić information content (AvgIpc) is 3.24. The van der Waals surface area contributed by atoms with Gasteiger partial charge in [-0.1, -0.05) is 24.0 Å². The van der Waals surface area contributed by atoms with E-state index in [4.69, 9.17) is 0 Å². The number of aromatic nitrogens is 2. The van der Waals surface area contributed by atoms with Gasteiger partial charge in [0, 0.05) is 22.9 Å². The van der Waals surface area contributed by atoms with Gasteiger partial charge in [0.15, 0.2) is 5.69 Å². The standard InChI is InChI=1S/C24H20F3N3O3/c1-15(2)30-21(24(25,26)27)20(14-28-30)22(31)29-19-9-5-7-17(13-19)11-10-16-6-4-8-18(12-16)23(32)33-3/h4-9,12-15H,1-3H3,(H,29,31). The molecule has 0 unspecified atom stereocenters. The molecule has 0 bridgehead atoms. The fraction of sp³-hybridized carbons (Fsp3) is 0.208. The Labute approximate surface area is 188 Å². The first-order valence-electron chi connectivity index (χ1n) is 9.86. The number of rotatable bonds is 4. The largest absolute Gasteiger partial charge is 0.465 e. The average molecular weight is 455 g/mol. The minimum Gasteiger partial charge on any atom is -0.465 e. The number of carbonyl (C=O) groups excluding carboxylic acids is 2. The van der Waals surface area contributed by atoms with E-state index in [1.54, 1.807) is 56.3 Å². The zero-order valence-corrected chi connectivity index (χ0v) is 18.0. The number of esters is 1. The third kappa shape index (κ3) is 5.60. The Morgan fingerprint density at radius 2 is 1.70 bits per heavy atom. The lowest BCUT2D eigenvalue weighted by molar-refractivity contribution is -0.145. The maximum Gasteiger partial charge on any atom is 0.433 e. The monoisotopic (exact) mass is 455 g/mol. The summed E-state index contributed by atoms with van der Waals surface area (Å²) in [4.78, 5) is 24.2. The molecule has 2 aromatic carbocycles. The molecule has 0 saturated carbocycles. The van der Waals surface area contributed by atoms with Crippen molar-refractivity contribution in [2.45, 2.75) is 26.1 Å². The second-order valence-electron chi connectivity index (χ2n) is 7.30. The highest BCUT2D eigenvalue weighted by molar-refractivity contribution is 6.05. The second kappa shape index (κ2) is 9.61. The van der Waals surface area contributed by atoms with Gasteiger partial charge in [-0.05, 0) is 50.2 Å². The van der Waals surface area contributed by atoms with Gasteiger partial charge in [0.05, 0.1) is 24.4 Å². The molecule has 1 heterocycles.